The summed E-state index contributed by atoms with van der Waals surface area (Å²) in [6.07, 6.45) is 6.07. The summed E-state index contributed by atoms with van der Waals surface area (Å²) in [6, 6.07) is 6.88. The molecule has 1 aliphatic rings. The second-order valence-electron chi connectivity index (χ2n) is 11.1. The third kappa shape index (κ3) is 7.19. The van der Waals surface area contributed by atoms with Gasteiger partial charge in [-0.15, -0.1) is 0 Å². The van der Waals surface area contributed by atoms with Crippen molar-refractivity contribution in [1.82, 2.24) is 15.3 Å². The molecule has 218 valence electrons. The molecule has 4 atom stereocenters. The fourth-order valence-corrected chi connectivity index (χ4v) is 6.37. The predicted octanol–water partition coefficient (Wildman–Crippen LogP) is 6.95. The van der Waals surface area contributed by atoms with Gasteiger partial charge in [0.2, 0.25) is 0 Å². The van der Waals surface area contributed by atoms with Gasteiger partial charge < -0.3 is 15.4 Å². The lowest BCUT2D eigenvalue weighted by Gasteiger charge is -2.40. The number of pyridine rings is 2. The predicted molar refractivity (Wildman–Crippen MR) is 153 cm³/mol. The standard InChI is InChI=1S/C30H33F3N4O3S/c1-16-13-17(14-23(27(16)41-5)37-29(39)40-30(2,3)4)18-11-12-34-15-24(18)36-28(38)22-10-9-21(33)26(35-22)25-19(31)7-6-8-20(25)32/h6-12,15-17,23,27H,13-14H2,1-5H3,(H,36,38)(H,37,39)/t16-,17+,23+,27+/m0/s1. The number of nitrogens with zero attached hydrogens (tertiary/aromatic N) is 2. The van der Waals surface area contributed by atoms with Crippen LogP contribution in [0.25, 0.3) is 11.3 Å². The SMILES string of the molecule is CS[C@@H]1[C@@H](C)C[C@@H](c2ccncc2NC(=O)c2ccc(F)c(-c3c(F)cccc3F)n2)C[C@H]1NC(=O)OC(C)(C)C. The molecule has 0 bridgehead atoms. The van der Waals surface area contributed by atoms with E-state index in [0.29, 0.717) is 12.1 Å². The molecule has 2 heterocycles. The first kappa shape index (κ1) is 30.4. The van der Waals surface area contributed by atoms with Crippen LogP contribution < -0.4 is 10.6 Å². The third-order valence-electron chi connectivity index (χ3n) is 6.95. The number of hydrogen-bond acceptors (Lipinski definition) is 6. The average molecular weight is 587 g/mol. The zero-order valence-corrected chi connectivity index (χ0v) is 24.3. The van der Waals surface area contributed by atoms with Gasteiger partial charge in [0.05, 0.1) is 17.4 Å². The number of benzene rings is 1. The number of carbonyl (C=O) groups is 2. The van der Waals surface area contributed by atoms with Crippen molar-refractivity contribution in [2.45, 2.75) is 63.3 Å². The normalized spacial score (nSPS) is 20.8. The highest BCUT2D eigenvalue weighted by molar-refractivity contribution is 7.99. The Morgan fingerprint density at radius 3 is 2.39 bits per heavy atom. The molecule has 7 nitrogen and oxygen atoms in total. The highest BCUT2D eigenvalue weighted by Crippen LogP contribution is 2.42. The van der Waals surface area contributed by atoms with Crippen LogP contribution >= 0.6 is 11.8 Å². The second kappa shape index (κ2) is 12.5. The Labute approximate surface area is 241 Å². The maximum absolute atomic E-state index is 14.5. The van der Waals surface area contributed by atoms with Crippen molar-refractivity contribution in [3.05, 3.63) is 77.5 Å². The lowest BCUT2D eigenvalue weighted by atomic mass is 9.75. The Morgan fingerprint density at radius 2 is 1.73 bits per heavy atom. The maximum atomic E-state index is 14.5. The lowest BCUT2D eigenvalue weighted by molar-refractivity contribution is 0.0485. The van der Waals surface area contributed by atoms with Gasteiger partial charge in [-0.1, -0.05) is 13.0 Å². The van der Waals surface area contributed by atoms with Crippen LogP contribution in [0.5, 0.6) is 0 Å². The number of amides is 2. The molecule has 0 aliphatic heterocycles. The maximum Gasteiger partial charge on any atom is 0.407 e. The average Bonchev–Trinajstić information content (AvgIpc) is 2.88. The van der Waals surface area contributed by atoms with E-state index >= 15 is 0 Å². The topological polar surface area (TPSA) is 93.2 Å². The van der Waals surface area contributed by atoms with Crippen LogP contribution in [0.1, 0.15) is 62.5 Å². The molecule has 1 aromatic carbocycles. The fourth-order valence-electron chi connectivity index (χ4n) is 5.29. The quantitative estimate of drug-likeness (QED) is 0.325. The molecule has 0 saturated heterocycles. The van der Waals surface area contributed by atoms with Gasteiger partial charge in [-0.2, -0.15) is 11.8 Å². The second-order valence-corrected chi connectivity index (χ2v) is 12.2. The number of nitrogens with one attached hydrogen (secondary N) is 2. The number of hydrogen-bond donors (Lipinski definition) is 2. The molecular formula is C30H33F3N4O3S. The van der Waals surface area contributed by atoms with Gasteiger partial charge in [0.1, 0.15) is 34.4 Å². The van der Waals surface area contributed by atoms with E-state index in [9.17, 15) is 22.8 Å². The number of rotatable bonds is 6. The van der Waals surface area contributed by atoms with Crippen molar-refractivity contribution in [3.63, 3.8) is 0 Å². The summed E-state index contributed by atoms with van der Waals surface area (Å²) in [7, 11) is 0. The number of aromatic nitrogens is 2. The minimum absolute atomic E-state index is 0.0316. The summed E-state index contributed by atoms with van der Waals surface area (Å²) in [4.78, 5) is 34.0. The van der Waals surface area contributed by atoms with Crippen molar-refractivity contribution in [1.29, 1.82) is 0 Å². The molecule has 3 aromatic rings. The molecule has 41 heavy (non-hydrogen) atoms. The number of carbonyl (C=O) groups excluding carboxylic acids is 2. The first-order chi connectivity index (χ1) is 19.4. The molecule has 2 aromatic heterocycles. The Bertz CT molecular complexity index is 1410. The first-order valence-electron chi connectivity index (χ1n) is 13.3. The third-order valence-corrected chi connectivity index (χ3v) is 8.28. The Kier molecular flexibility index (Phi) is 9.26. The van der Waals surface area contributed by atoms with E-state index in [4.69, 9.17) is 4.74 Å². The monoisotopic (exact) mass is 586 g/mol. The molecular weight excluding hydrogens is 553 g/mol. The van der Waals surface area contributed by atoms with Gasteiger partial charge in [0.15, 0.2) is 0 Å². The Balaban J connectivity index is 1.58. The van der Waals surface area contributed by atoms with E-state index in [0.717, 1.165) is 42.3 Å². The highest BCUT2D eigenvalue weighted by atomic mass is 32.2. The number of halogens is 3. The van der Waals surface area contributed by atoms with Crippen LogP contribution in [0, 0.1) is 23.4 Å². The van der Waals surface area contributed by atoms with Gasteiger partial charge in [-0.05, 0) is 87.6 Å². The molecule has 0 radical (unpaired) electrons. The van der Waals surface area contributed by atoms with Crippen molar-refractivity contribution >= 4 is 29.4 Å². The molecule has 0 spiro atoms. The fraction of sp³-hybridized carbons (Fsp3) is 0.400. The van der Waals surface area contributed by atoms with Crippen molar-refractivity contribution < 1.29 is 27.5 Å². The summed E-state index contributed by atoms with van der Waals surface area (Å²) in [5.74, 6) is -3.43. The number of ether oxygens (including phenoxy) is 1. The van der Waals surface area contributed by atoms with Crippen LogP contribution in [-0.2, 0) is 4.74 Å². The van der Waals surface area contributed by atoms with Gasteiger partial charge in [0, 0.05) is 17.5 Å². The van der Waals surface area contributed by atoms with Crippen LogP contribution in [0.15, 0.2) is 48.8 Å². The van der Waals surface area contributed by atoms with E-state index in [1.165, 1.54) is 6.20 Å². The summed E-state index contributed by atoms with van der Waals surface area (Å²) in [5.41, 5.74) is -0.850. The molecule has 1 fully saturated rings. The van der Waals surface area contributed by atoms with Crippen molar-refractivity contribution in [2.75, 3.05) is 11.6 Å². The lowest BCUT2D eigenvalue weighted by Crippen LogP contribution is -2.49. The zero-order chi connectivity index (χ0) is 29.9. The van der Waals surface area contributed by atoms with Crippen molar-refractivity contribution in [2.24, 2.45) is 5.92 Å². The van der Waals surface area contributed by atoms with Crippen LogP contribution in [0.4, 0.5) is 23.7 Å². The van der Waals surface area contributed by atoms with Gasteiger partial charge >= 0.3 is 6.09 Å². The molecule has 2 amide bonds. The van der Waals surface area contributed by atoms with E-state index in [1.807, 2.05) is 33.1 Å². The number of anilines is 1. The number of thioether (sulfide) groups is 1. The molecule has 2 N–H and O–H groups in total. The summed E-state index contributed by atoms with van der Waals surface area (Å²) in [6.45, 7) is 7.55. The Hall–Kier alpha value is -3.60. The summed E-state index contributed by atoms with van der Waals surface area (Å²) < 4.78 is 48.7. The van der Waals surface area contributed by atoms with Crippen LogP contribution in [0.2, 0.25) is 0 Å². The van der Waals surface area contributed by atoms with E-state index < -0.39 is 46.3 Å². The molecule has 0 unspecified atom stereocenters. The van der Waals surface area contributed by atoms with Crippen molar-refractivity contribution in [3.8, 4) is 11.3 Å². The van der Waals surface area contributed by atoms with E-state index in [-0.39, 0.29) is 28.8 Å². The van der Waals surface area contributed by atoms with E-state index in [1.54, 1.807) is 18.0 Å². The minimum Gasteiger partial charge on any atom is -0.444 e. The van der Waals surface area contributed by atoms with Gasteiger partial charge in [-0.3, -0.25) is 9.78 Å². The first-order valence-corrected chi connectivity index (χ1v) is 14.5. The Morgan fingerprint density at radius 1 is 1.02 bits per heavy atom. The summed E-state index contributed by atoms with van der Waals surface area (Å²) >= 11 is 1.69. The van der Waals surface area contributed by atoms with Crippen LogP contribution in [0.3, 0.4) is 0 Å². The van der Waals surface area contributed by atoms with Gasteiger partial charge in [0.25, 0.3) is 5.91 Å². The zero-order valence-electron chi connectivity index (χ0n) is 23.5. The highest BCUT2D eigenvalue weighted by Gasteiger charge is 2.38. The molecule has 1 aliphatic carbocycles. The smallest absolute Gasteiger partial charge is 0.407 e. The molecule has 4 rings (SSSR count). The molecule has 1 saturated carbocycles. The minimum atomic E-state index is -0.993. The number of alkyl carbamates (subject to hydrolysis) is 1. The summed E-state index contributed by atoms with van der Waals surface area (Å²) in [5, 5.41) is 5.99. The largest absolute Gasteiger partial charge is 0.444 e. The van der Waals surface area contributed by atoms with Gasteiger partial charge in [-0.25, -0.2) is 22.9 Å². The van der Waals surface area contributed by atoms with E-state index in [2.05, 4.69) is 27.5 Å². The van der Waals surface area contributed by atoms with Crippen LogP contribution in [-0.4, -0.2) is 45.1 Å². The molecule has 11 heteroatoms.